The first kappa shape index (κ1) is 44.4. The summed E-state index contributed by atoms with van der Waals surface area (Å²) in [6, 6.07) is 30.2. The second-order valence-electron chi connectivity index (χ2n) is 14.4. The predicted octanol–water partition coefficient (Wildman–Crippen LogP) is 10.8. The van der Waals surface area contributed by atoms with Gasteiger partial charge in [0.05, 0.1) is 0 Å². The molecule has 4 aromatic heterocycles. The number of allylic oxidation sites excluding steroid dienone is 2. The fraction of sp³-hybridized carbons (Fsp3) is 0.174. The summed E-state index contributed by atoms with van der Waals surface area (Å²) in [6.07, 6.45) is 11.1. The number of benzene rings is 4. The molecule has 0 aliphatic rings. The van der Waals surface area contributed by atoms with Crippen molar-refractivity contribution in [2.45, 2.75) is 63.9 Å². The van der Waals surface area contributed by atoms with Crippen LogP contribution in [-0.4, -0.2) is 51.3 Å². The summed E-state index contributed by atoms with van der Waals surface area (Å²) in [6.45, 7) is 12.2. The van der Waals surface area contributed by atoms with Crippen molar-refractivity contribution in [1.82, 2.24) is 38.9 Å². The normalized spacial score (nSPS) is 12.0. The minimum absolute atomic E-state index is 0. The Morgan fingerprint density at radius 2 is 0.902 bits per heavy atom. The minimum Gasteiger partial charge on any atom is -0.738 e. The first-order valence-corrected chi connectivity index (χ1v) is 20.1. The van der Waals surface area contributed by atoms with Crippen molar-refractivity contribution in [1.29, 1.82) is 0 Å². The van der Waals surface area contributed by atoms with Gasteiger partial charge in [-0.3, -0.25) is 0 Å². The van der Waals surface area contributed by atoms with E-state index < -0.39 is 0 Å². The van der Waals surface area contributed by atoms with Gasteiger partial charge in [0.2, 0.25) is 0 Å². The van der Waals surface area contributed by atoms with Crippen LogP contribution in [0.1, 0.15) is 62.8 Å². The van der Waals surface area contributed by atoms with Gasteiger partial charge in [0.1, 0.15) is 23.3 Å². The van der Waals surface area contributed by atoms with Crippen LogP contribution in [-0.2, 0) is 42.0 Å². The quantitative estimate of drug-likeness (QED) is 0.100. The maximum Gasteiger partial charge on any atom is 2.00 e. The molecule has 311 valence electrons. The van der Waals surface area contributed by atoms with E-state index in [4.69, 9.17) is 25.3 Å². The summed E-state index contributed by atoms with van der Waals surface area (Å²) in [5.74, 6) is 0.764. The van der Waals surface area contributed by atoms with Gasteiger partial charge in [-0.25, -0.2) is 18.1 Å². The minimum atomic E-state index is -0.250. The second kappa shape index (κ2) is 19.5. The molecule has 61 heavy (non-hydrogen) atoms. The standard InChI is InChI=1S/2C23H22FN5S.Co/c2*1-15(2)28-20-8-5-4-7-19(20)22(17-10-12-18(24)13-11-17)21(28)9-6-14-25-29-16(3)26-27-23(29)30;/h2*4-15H,1-3H3,(H,27,30);/q;;+2/p-2/b2*9-6+,25-14+;. The number of rotatable bonds is 10. The molecule has 0 N–H and O–H groups in total. The molecular formula is C46H42CoF2N10S2. The summed E-state index contributed by atoms with van der Waals surface area (Å²) in [5, 5.41) is 27.1. The molecule has 0 aliphatic carbocycles. The maximum absolute atomic E-state index is 13.5. The summed E-state index contributed by atoms with van der Waals surface area (Å²) in [7, 11) is 0. The first-order valence-electron chi connectivity index (χ1n) is 19.3. The van der Waals surface area contributed by atoms with Crippen molar-refractivity contribution in [3.8, 4) is 22.3 Å². The average molecular weight is 896 g/mol. The smallest absolute Gasteiger partial charge is 0.738 e. The van der Waals surface area contributed by atoms with E-state index in [1.54, 1.807) is 26.3 Å². The molecule has 0 atom stereocenters. The summed E-state index contributed by atoms with van der Waals surface area (Å²) >= 11 is 10.3. The van der Waals surface area contributed by atoms with Crippen molar-refractivity contribution in [2.75, 3.05) is 0 Å². The largest absolute Gasteiger partial charge is 2.00 e. The zero-order valence-corrected chi connectivity index (χ0v) is 36.9. The van der Waals surface area contributed by atoms with Gasteiger partial charge in [0, 0.05) is 79.1 Å². The van der Waals surface area contributed by atoms with E-state index >= 15 is 0 Å². The third kappa shape index (κ3) is 9.44. The summed E-state index contributed by atoms with van der Waals surface area (Å²) in [5.41, 5.74) is 8.38. The Labute approximate surface area is 374 Å². The van der Waals surface area contributed by atoms with Gasteiger partial charge in [0.15, 0.2) is 0 Å². The fourth-order valence-corrected chi connectivity index (χ4v) is 7.71. The van der Waals surface area contributed by atoms with E-state index in [0.29, 0.717) is 22.0 Å². The average Bonchev–Trinajstić information content (AvgIpc) is 3.95. The molecule has 0 fully saturated rings. The van der Waals surface area contributed by atoms with Gasteiger partial charge >= 0.3 is 16.8 Å². The molecule has 1 radical (unpaired) electrons. The molecule has 8 rings (SSSR count). The number of hydrogen-bond donors (Lipinski definition) is 0. The van der Waals surface area contributed by atoms with Gasteiger partial charge in [-0.15, -0.1) is 10.2 Å². The zero-order chi connectivity index (χ0) is 42.5. The molecule has 10 nitrogen and oxygen atoms in total. The van der Waals surface area contributed by atoms with Crippen molar-refractivity contribution in [3.05, 3.63) is 144 Å². The number of aryl methyl sites for hydroxylation is 2. The Kier molecular flexibility index (Phi) is 14.2. The topological polar surface area (TPSA) is 96.0 Å². The van der Waals surface area contributed by atoms with Crippen LogP contribution >= 0.6 is 0 Å². The Morgan fingerprint density at radius 1 is 0.541 bits per heavy atom. The summed E-state index contributed by atoms with van der Waals surface area (Å²) in [4.78, 5) is 0. The third-order valence-corrected chi connectivity index (χ3v) is 10.3. The molecule has 8 aromatic rings. The van der Waals surface area contributed by atoms with Crippen LogP contribution in [0.3, 0.4) is 0 Å². The van der Waals surface area contributed by atoms with Crippen LogP contribution in [0.15, 0.2) is 130 Å². The molecule has 0 bridgehead atoms. The SMILES string of the molecule is Cc1nnc([S-])n1/N=C/C=C/c1c(-c2ccc(F)cc2)c2ccccc2n1C(C)C.Cc1nnc([S-])n1/N=C/C=C/c1c(-c2ccc(F)cc2)c2ccccc2n1C(C)C.[Co+2]. The second-order valence-corrected chi connectivity index (χ2v) is 15.2. The Morgan fingerprint density at radius 3 is 1.23 bits per heavy atom. The number of halogens is 2. The van der Waals surface area contributed by atoms with Crippen LogP contribution in [0, 0.1) is 25.5 Å². The van der Waals surface area contributed by atoms with Crippen LogP contribution in [0.4, 0.5) is 8.78 Å². The van der Waals surface area contributed by atoms with Crippen LogP contribution in [0.5, 0.6) is 0 Å². The van der Waals surface area contributed by atoms with E-state index in [2.05, 4.69) is 91.7 Å². The first-order chi connectivity index (χ1) is 28.9. The van der Waals surface area contributed by atoms with E-state index in [0.717, 1.165) is 55.4 Å². The van der Waals surface area contributed by atoms with Crippen molar-refractivity contribution in [2.24, 2.45) is 10.2 Å². The molecule has 0 spiro atoms. The molecule has 0 amide bonds. The fourth-order valence-electron chi connectivity index (χ4n) is 7.27. The Balaban J connectivity index is 0.000000201. The zero-order valence-electron chi connectivity index (χ0n) is 34.2. The maximum atomic E-state index is 13.5. The molecule has 0 saturated carbocycles. The molecule has 0 saturated heterocycles. The number of aromatic nitrogens is 8. The summed E-state index contributed by atoms with van der Waals surface area (Å²) < 4.78 is 34.7. The van der Waals surface area contributed by atoms with Gasteiger partial charge in [-0.2, -0.15) is 20.4 Å². The van der Waals surface area contributed by atoms with Crippen molar-refractivity contribution in [3.63, 3.8) is 0 Å². The third-order valence-electron chi connectivity index (χ3n) is 9.78. The van der Waals surface area contributed by atoms with Crippen LogP contribution in [0.25, 0.3) is 56.2 Å². The molecule has 0 unspecified atom stereocenters. The number of hydrogen-bond acceptors (Lipinski definition) is 8. The molecule has 4 aromatic carbocycles. The molecule has 4 heterocycles. The van der Waals surface area contributed by atoms with E-state index in [1.807, 2.05) is 72.8 Å². The van der Waals surface area contributed by atoms with E-state index in [1.165, 1.54) is 33.6 Å². The van der Waals surface area contributed by atoms with E-state index in [9.17, 15) is 8.78 Å². The van der Waals surface area contributed by atoms with E-state index in [-0.39, 0.29) is 40.5 Å². The monoisotopic (exact) mass is 895 g/mol. The van der Waals surface area contributed by atoms with Crippen LogP contribution < -0.4 is 0 Å². The predicted molar refractivity (Wildman–Crippen MR) is 242 cm³/mol. The van der Waals surface area contributed by atoms with Gasteiger partial charge in [-0.1, -0.05) is 60.7 Å². The van der Waals surface area contributed by atoms with Crippen LogP contribution in [0.2, 0.25) is 0 Å². The molecule has 15 heteroatoms. The van der Waals surface area contributed by atoms with Gasteiger partial charge in [0.25, 0.3) is 0 Å². The number of fused-ring (bicyclic) bond motifs is 2. The van der Waals surface area contributed by atoms with Gasteiger partial charge in [-0.05, 0) is 113 Å². The number of nitrogens with zero attached hydrogens (tertiary/aromatic N) is 10. The van der Waals surface area contributed by atoms with Gasteiger partial charge < -0.3 is 34.4 Å². The molecule has 0 aliphatic heterocycles. The van der Waals surface area contributed by atoms with Crippen molar-refractivity contribution >= 4 is 71.6 Å². The van der Waals surface area contributed by atoms with Crippen molar-refractivity contribution < 1.29 is 25.6 Å². The Hall–Kier alpha value is -6.13. The number of para-hydroxylation sites is 2. The molecular weight excluding hydrogens is 854 g/mol. The Bertz CT molecular complexity index is 2660.